The second-order valence-electron chi connectivity index (χ2n) is 6.09. The summed E-state index contributed by atoms with van der Waals surface area (Å²) in [5.74, 6) is -1.55. The monoisotopic (exact) mass is 376 g/mol. The summed E-state index contributed by atoms with van der Waals surface area (Å²) in [4.78, 5) is 35.3. The number of aromatic carboxylic acids is 1. The molecule has 0 radical (unpaired) electrons. The molecule has 0 spiro atoms. The van der Waals surface area contributed by atoms with Crippen LogP contribution in [0.15, 0.2) is 24.4 Å². The summed E-state index contributed by atoms with van der Waals surface area (Å²) >= 11 is 6.15. The Morgan fingerprint density at radius 2 is 2.08 bits per heavy atom. The Balaban J connectivity index is 1.66. The maximum atomic E-state index is 12.3. The highest BCUT2D eigenvalue weighted by molar-refractivity contribution is 6.34. The van der Waals surface area contributed by atoms with E-state index < -0.39 is 11.9 Å². The summed E-state index contributed by atoms with van der Waals surface area (Å²) in [6, 6.07) is 4.64. The lowest BCUT2D eigenvalue weighted by atomic mass is 10.1. The van der Waals surface area contributed by atoms with Crippen LogP contribution in [0.1, 0.15) is 39.3 Å². The van der Waals surface area contributed by atoms with Gasteiger partial charge in [-0.1, -0.05) is 11.6 Å². The Morgan fingerprint density at radius 1 is 1.35 bits per heavy atom. The van der Waals surface area contributed by atoms with Gasteiger partial charge < -0.3 is 15.7 Å². The topological polar surface area (TPSA) is 113 Å². The molecule has 1 heterocycles. The number of hydrogen-bond donors (Lipinski definition) is 3. The molecule has 2 amide bonds. The molecule has 0 aliphatic heterocycles. The molecular formula is C17H17ClN4O4. The van der Waals surface area contributed by atoms with Crippen molar-refractivity contribution in [1.82, 2.24) is 15.1 Å². The van der Waals surface area contributed by atoms with Crippen molar-refractivity contribution in [3.05, 3.63) is 46.2 Å². The molecule has 0 saturated heterocycles. The van der Waals surface area contributed by atoms with Gasteiger partial charge >= 0.3 is 5.97 Å². The minimum Gasteiger partial charge on any atom is -0.477 e. The highest BCUT2D eigenvalue weighted by atomic mass is 35.5. The van der Waals surface area contributed by atoms with Gasteiger partial charge in [-0.25, -0.2) is 4.79 Å². The second kappa shape index (κ2) is 7.17. The Kier molecular flexibility index (Phi) is 4.94. The van der Waals surface area contributed by atoms with Crippen molar-refractivity contribution >= 4 is 35.1 Å². The number of anilines is 1. The van der Waals surface area contributed by atoms with E-state index in [0.29, 0.717) is 11.3 Å². The number of aryl methyl sites for hydroxylation is 1. The van der Waals surface area contributed by atoms with Crippen LogP contribution in [0.4, 0.5) is 5.69 Å². The molecule has 1 aliphatic carbocycles. The third-order valence-electron chi connectivity index (χ3n) is 4.09. The van der Waals surface area contributed by atoms with Crippen molar-refractivity contribution in [3.63, 3.8) is 0 Å². The molecule has 1 fully saturated rings. The normalized spacial score (nSPS) is 13.3. The molecule has 3 N–H and O–H groups in total. The molecule has 2 aromatic rings. The van der Waals surface area contributed by atoms with Gasteiger partial charge in [0.05, 0.1) is 16.8 Å². The molecular weight excluding hydrogens is 360 g/mol. The van der Waals surface area contributed by atoms with E-state index >= 15 is 0 Å². The van der Waals surface area contributed by atoms with Crippen LogP contribution in [0, 0.1) is 5.92 Å². The molecule has 8 nitrogen and oxygen atoms in total. The van der Waals surface area contributed by atoms with Crippen molar-refractivity contribution in [1.29, 1.82) is 0 Å². The lowest BCUT2D eigenvalue weighted by Gasteiger charge is -2.09. The highest BCUT2D eigenvalue weighted by Crippen LogP contribution is 2.30. The number of carbonyl (C=O) groups excluding carboxylic acids is 2. The van der Waals surface area contributed by atoms with Crippen molar-refractivity contribution in [3.8, 4) is 0 Å². The Hall–Kier alpha value is -2.87. The van der Waals surface area contributed by atoms with Crippen LogP contribution in [0.25, 0.3) is 0 Å². The molecule has 1 aliphatic rings. The minimum atomic E-state index is -1.12. The minimum absolute atomic E-state index is 0.00476. The van der Waals surface area contributed by atoms with Crippen LogP contribution in [0.3, 0.4) is 0 Å². The number of aromatic nitrogens is 2. The van der Waals surface area contributed by atoms with Crippen LogP contribution in [0.5, 0.6) is 0 Å². The Labute approximate surface area is 154 Å². The number of halogens is 1. The Morgan fingerprint density at radius 3 is 2.69 bits per heavy atom. The van der Waals surface area contributed by atoms with Crippen LogP contribution in [-0.4, -0.2) is 32.7 Å². The van der Waals surface area contributed by atoms with E-state index in [1.54, 1.807) is 6.07 Å². The van der Waals surface area contributed by atoms with Crippen molar-refractivity contribution in [2.45, 2.75) is 19.4 Å². The molecule has 0 unspecified atom stereocenters. The SMILES string of the molecule is Cn1ncc(CNC(=O)c2ccc(NC(=O)C3CC3)cc2Cl)c1C(=O)O. The number of carboxylic acids is 1. The van der Waals surface area contributed by atoms with Crippen LogP contribution >= 0.6 is 11.6 Å². The smallest absolute Gasteiger partial charge is 0.354 e. The summed E-state index contributed by atoms with van der Waals surface area (Å²) in [5, 5.41) is 18.6. The van der Waals surface area contributed by atoms with E-state index in [1.807, 2.05) is 0 Å². The maximum Gasteiger partial charge on any atom is 0.354 e. The van der Waals surface area contributed by atoms with Crippen LogP contribution in [-0.2, 0) is 18.4 Å². The third kappa shape index (κ3) is 3.85. The van der Waals surface area contributed by atoms with Crippen molar-refractivity contribution < 1.29 is 19.5 Å². The number of nitrogens with zero attached hydrogens (tertiary/aromatic N) is 2. The summed E-state index contributed by atoms with van der Waals surface area (Å²) in [6.07, 6.45) is 3.18. The number of amides is 2. The average molecular weight is 377 g/mol. The molecule has 26 heavy (non-hydrogen) atoms. The Bertz CT molecular complexity index is 889. The van der Waals surface area contributed by atoms with Gasteiger partial charge in [0.25, 0.3) is 5.91 Å². The molecule has 1 aromatic carbocycles. The summed E-state index contributed by atoms with van der Waals surface area (Å²) in [5.41, 5.74) is 1.16. The quantitative estimate of drug-likeness (QED) is 0.714. The maximum absolute atomic E-state index is 12.3. The zero-order chi connectivity index (χ0) is 18.8. The largest absolute Gasteiger partial charge is 0.477 e. The number of carboxylic acid groups (broad SMARTS) is 1. The standard InChI is InChI=1S/C17H17ClN4O4/c1-22-14(17(25)26)10(8-20-22)7-19-16(24)12-5-4-11(6-13(12)18)21-15(23)9-2-3-9/h4-6,8-9H,2-3,7H2,1H3,(H,19,24)(H,21,23)(H,25,26). The lowest BCUT2D eigenvalue weighted by molar-refractivity contribution is -0.117. The van der Waals surface area contributed by atoms with Crippen molar-refractivity contribution in [2.24, 2.45) is 13.0 Å². The zero-order valence-corrected chi connectivity index (χ0v) is 14.7. The van der Waals surface area contributed by atoms with Gasteiger partial charge in [0.1, 0.15) is 0 Å². The van der Waals surface area contributed by atoms with Gasteiger partial charge in [0.2, 0.25) is 5.91 Å². The van der Waals surface area contributed by atoms with E-state index in [4.69, 9.17) is 11.6 Å². The van der Waals surface area contributed by atoms with Crippen molar-refractivity contribution in [2.75, 3.05) is 5.32 Å². The first kappa shape index (κ1) is 17.9. The van der Waals surface area contributed by atoms with Crippen LogP contribution in [0.2, 0.25) is 5.02 Å². The first-order chi connectivity index (χ1) is 12.4. The van der Waals surface area contributed by atoms with Gasteiger partial charge in [-0.15, -0.1) is 0 Å². The van der Waals surface area contributed by atoms with Gasteiger partial charge in [0, 0.05) is 30.8 Å². The molecule has 0 bridgehead atoms. The molecule has 1 saturated carbocycles. The second-order valence-corrected chi connectivity index (χ2v) is 6.50. The van der Waals surface area contributed by atoms with E-state index in [9.17, 15) is 19.5 Å². The van der Waals surface area contributed by atoms with E-state index in [0.717, 1.165) is 12.8 Å². The van der Waals surface area contributed by atoms with Crippen LogP contribution < -0.4 is 10.6 Å². The summed E-state index contributed by atoms with van der Waals surface area (Å²) in [6.45, 7) is 0.00476. The number of benzene rings is 1. The summed E-state index contributed by atoms with van der Waals surface area (Å²) in [7, 11) is 1.51. The fourth-order valence-electron chi connectivity index (χ4n) is 2.53. The van der Waals surface area contributed by atoms with E-state index in [-0.39, 0.29) is 34.6 Å². The van der Waals surface area contributed by atoms with Gasteiger partial charge in [-0.2, -0.15) is 5.10 Å². The zero-order valence-electron chi connectivity index (χ0n) is 14.0. The van der Waals surface area contributed by atoms with Gasteiger partial charge in [0.15, 0.2) is 5.69 Å². The predicted octanol–water partition coefficient (Wildman–Crippen LogP) is 2.05. The van der Waals surface area contributed by atoms with E-state index in [2.05, 4.69) is 15.7 Å². The van der Waals surface area contributed by atoms with E-state index in [1.165, 1.54) is 30.1 Å². The number of carbonyl (C=O) groups is 3. The fraction of sp³-hybridized carbons (Fsp3) is 0.294. The number of rotatable bonds is 6. The predicted molar refractivity (Wildman–Crippen MR) is 94.1 cm³/mol. The lowest BCUT2D eigenvalue weighted by Crippen LogP contribution is -2.24. The van der Waals surface area contributed by atoms with Gasteiger partial charge in [-0.05, 0) is 31.0 Å². The first-order valence-electron chi connectivity index (χ1n) is 7.99. The molecule has 1 aromatic heterocycles. The summed E-state index contributed by atoms with van der Waals surface area (Å²) < 4.78 is 1.23. The average Bonchev–Trinajstić information content (AvgIpc) is 3.36. The first-order valence-corrected chi connectivity index (χ1v) is 8.37. The third-order valence-corrected chi connectivity index (χ3v) is 4.40. The highest BCUT2D eigenvalue weighted by Gasteiger charge is 2.29. The molecule has 9 heteroatoms. The fourth-order valence-corrected chi connectivity index (χ4v) is 2.79. The molecule has 3 rings (SSSR count). The number of nitrogens with one attached hydrogen (secondary N) is 2. The molecule has 136 valence electrons. The molecule has 0 atom stereocenters. The van der Waals surface area contributed by atoms with Gasteiger partial charge in [-0.3, -0.25) is 14.3 Å². The number of hydrogen-bond acceptors (Lipinski definition) is 4.